The number of aryl methyl sites for hydroxylation is 1. The molecule has 2 heterocycles. The molecule has 38 heavy (non-hydrogen) atoms. The van der Waals surface area contributed by atoms with Gasteiger partial charge in [0.2, 0.25) is 0 Å². The number of benzene rings is 3. The zero-order valence-corrected chi connectivity index (χ0v) is 20.7. The summed E-state index contributed by atoms with van der Waals surface area (Å²) in [7, 11) is 0. The lowest BCUT2D eigenvalue weighted by Gasteiger charge is -2.20. The molecule has 0 bridgehead atoms. The molecule has 3 aromatic carbocycles. The van der Waals surface area contributed by atoms with Crippen molar-refractivity contribution in [1.29, 1.82) is 0 Å². The van der Waals surface area contributed by atoms with E-state index in [0.29, 0.717) is 28.5 Å². The number of carbonyl (C=O) groups excluding carboxylic acids is 1. The van der Waals surface area contributed by atoms with Gasteiger partial charge in [-0.05, 0) is 48.1 Å². The highest BCUT2D eigenvalue weighted by Crippen LogP contribution is 2.32. The van der Waals surface area contributed by atoms with Crippen LogP contribution >= 0.6 is 0 Å². The summed E-state index contributed by atoms with van der Waals surface area (Å²) in [6.07, 6.45) is 5.74. The molecule has 0 aliphatic carbocycles. The minimum Gasteiger partial charge on any atom is -0.479 e. The van der Waals surface area contributed by atoms with Gasteiger partial charge in [0, 0.05) is 23.3 Å². The number of carboxylic acids is 1. The molecule has 0 saturated carbocycles. The predicted molar refractivity (Wildman–Crippen MR) is 148 cm³/mol. The number of nitrogens with one attached hydrogen (secondary N) is 1. The van der Waals surface area contributed by atoms with Crippen LogP contribution < -0.4 is 5.32 Å². The second-order valence-corrected chi connectivity index (χ2v) is 9.07. The first-order chi connectivity index (χ1) is 18.6. The van der Waals surface area contributed by atoms with E-state index in [-0.39, 0.29) is 0 Å². The van der Waals surface area contributed by atoms with Crippen molar-refractivity contribution in [2.24, 2.45) is 0 Å². The number of hydrogen-bond acceptors (Lipinski definition) is 4. The fraction of sp³-hybridized carbons (Fsp3) is 0.125. The largest absolute Gasteiger partial charge is 0.479 e. The second kappa shape index (κ2) is 11.5. The molecule has 2 N–H and O–H groups in total. The Labute approximate surface area is 221 Å². The zero-order chi connectivity index (χ0) is 26.3. The van der Waals surface area contributed by atoms with Crippen LogP contribution in [0.25, 0.3) is 22.2 Å². The number of rotatable bonds is 9. The first-order valence-corrected chi connectivity index (χ1v) is 12.6. The van der Waals surface area contributed by atoms with Crippen LogP contribution in [0, 0.1) is 0 Å². The first-order valence-electron chi connectivity index (χ1n) is 12.6. The molecule has 2 aromatic heterocycles. The Bertz CT molecular complexity index is 1560. The zero-order valence-electron chi connectivity index (χ0n) is 20.7. The van der Waals surface area contributed by atoms with Crippen molar-refractivity contribution in [2.75, 3.05) is 0 Å². The molecule has 0 aliphatic heterocycles. The standard InChI is InChI=1S/C32H27N3O3/c36-31(35-30(32(37)38)24-15-5-2-6-16-24)28-25-17-7-8-19-27(25)34-29(23-13-3-1-4-14-23)26(28)18-9-11-22-12-10-20-33-21-22/h1-8,10,12-17,19-21,30H,9,11,18H2,(H,35,36)(H,37,38). The average Bonchev–Trinajstić information content (AvgIpc) is 2.96. The van der Waals surface area contributed by atoms with E-state index in [1.54, 1.807) is 30.5 Å². The lowest BCUT2D eigenvalue weighted by molar-refractivity contribution is -0.139. The summed E-state index contributed by atoms with van der Waals surface area (Å²) in [4.78, 5) is 35.4. The quantitative estimate of drug-likeness (QED) is 0.257. The van der Waals surface area contributed by atoms with E-state index in [1.165, 1.54) is 0 Å². The van der Waals surface area contributed by atoms with Crippen LogP contribution in [0.3, 0.4) is 0 Å². The molecular formula is C32H27N3O3. The van der Waals surface area contributed by atoms with Gasteiger partial charge in [-0.25, -0.2) is 9.78 Å². The summed E-state index contributed by atoms with van der Waals surface area (Å²) < 4.78 is 0. The maximum atomic E-state index is 14.0. The molecule has 0 saturated heterocycles. The molecule has 1 amide bonds. The Morgan fingerprint density at radius 1 is 0.816 bits per heavy atom. The Kier molecular flexibility index (Phi) is 7.50. The van der Waals surface area contributed by atoms with Crippen molar-refractivity contribution < 1.29 is 14.7 Å². The van der Waals surface area contributed by atoms with E-state index >= 15 is 0 Å². The number of hydrogen-bond donors (Lipinski definition) is 2. The Balaban J connectivity index is 1.61. The highest BCUT2D eigenvalue weighted by atomic mass is 16.4. The molecule has 5 rings (SSSR count). The predicted octanol–water partition coefficient (Wildman–Crippen LogP) is 6.03. The number of pyridine rings is 2. The first kappa shape index (κ1) is 24.8. The number of para-hydroxylation sites is 1. The fourth-order valence-corrected chi connectivity index (χ4v) is 4.74. The lowest BCUT2D eigenvalue weighted by atomic mass is 9.92. The van der Waals surface area contributed by atoms with Crippen molar-refractivity contribution >= 4 is 22.8 Å². The smallest absolute Gasteiger partial charge is 0.330 e. The molecule has 0 spiro atoms. The van der Waals surface area contributed by atoms with E-state index in [2.05, 4.69) is 10.3 Å². The summed E-state index contributed by atoms with van der Waals surface area (Å²) >= 11 is 0. The summed E-state index contributed by atoms with van der Waals surface area (Å²) in [5.41, 5.74) is 5.20. The van der Waals surface area contributed by atoms with E-state index in [1.807, 2.05) is 79.0 Å². The third-order valence-corrected chi connectivity index (χ3v) is 6.54. The van der Waals surface area contributed by atoms with Gasteiger partial charge in [-0.1, -0.05) is 84.9 Å². The van der Waals surface area contributed by atoms with Gasteiger partial charge in [0.25, 0.3) is 5.91 Å². The minimum atomic E-state index is -1.18. The molecule has 0 radical (unpaired) electrons. The lowest BCUT2D eigenvalue weighted by Crippen LogP contribution is -2.34. The number of amides is 1. The van der Waals surface area contributed by atoms with Crippen LogP contribution in [0.5, 0.6) is 0 Å². The molecule has 1 unspecified atom stereocenters. The maximum Gasteiger partial charge on any atom is 0.330 e. The Morgan fingerprint density at radius 3 is 2.24 bits per heavy atom. The second-order valence-electron chi connectivity index (χ2n) is 9.07. The molecule has 6 heteroatoms. The summed E-state index contributed by atoms with van der Waals surface area (Å²) in [5, 5.41) is 13.5. The van der Waals surface area contributed by atoms with Crippen LogP contribution in [0.4, 0.5) is 0 Å². The minimum absolute atomic E-state index is 0.437. The van der Waals surface area contributed by atoms with E-state index in [4.69, 9.17) is 4.98 Å². The number of fused-ring (bicyclic) bond motifs is 1. The normalized spacial score (nSPS) is 11.7. The van der Waals surface area contributed by atoms with Crippen molar-refractivity contribution in [3.05, 3.63) is 132 Å². The van der Waals surface area contributed by atoms with Crippen LogP contribution in [0.15, 0.2) is 109 Å². The van der Waals surface area contributed by atoms with Gasteiger partial charge in [0.15, 0.2) is 6.04 Å². The summed E-state index contributed by atoms with van der Waals surface area (Å²) in [6.45, 7) is 0. The number of nitrogens with zero attached hydrogens (tertiary/aromatic N) is 2. The number of carbonyl (C=O) groups is 2. The van der Waals surface area contributed by atoms with Gasteiger partial charge in [0.05, 0.1) is 16.8 Å². The average molecular weight is 502 g/mol. The molecule has 6 nitrogen and oxygen atoms in total. The van der Waals surface area contributed by atoms with Crippen LogP contribution in [0.2, 0.25) is 0 Å². The van der Waals surface area contributed by atoms with Gasteiger partial charge in [-0.3, -0.25) is 9.78 Å². The molecular weight excluding hydrogens is 474 g/mol. The third kappa shape index (κ3) is 5.44. The molecule has 0 aliphatic rings. The van der Waals surface area contributed by atoms with Gasteiger partial charge < -0.3 is 10.4 Å². The third-order valence-electron chi connectivity index (χ3n) is 6.54. The summed E-state index contributed by atoms with van der Waals surface area (Å²) in [5.74, 6) is -1.56. The van der Waals surface area contributed by atoms with Gasteiger partial charge >= 0.3 is 5.97 Å². The molecule has 0 fully saturated rings. The number of aliphatic carboxylic acids is 1. The monoisotopic (exact) mass is 501 g/mol. The highest BCUT2D eigenvalue weighted by molar-refractivity contribution is 6.10. The van der Waals surface area contributed by atoms with Crippen LogP contribution in [-0.4, -0.2) is 27.0 Å². The van der Waals surface area contributed by atoms with E-state index in [9.17, 15) is 14.7 Å². The van der Waals surface area contributed by atoms with Crippen molar-refractivity contribution in [3.8, 4) is 11.3 Å². The highest BCUT2D eigenvalue weighted by Gasteiger charge is 2.27. The van der Waals surface area contributed by atoms with Crippen molar-refractivity contribution in [1.82, 2.24) is 15.3 Å². The summed E-state index contributed by atoms with van der Waals surface area (Å²) in [6, 6.07) is 28.8. The number of aromatic nitrogens is 2. The van der Waals surface area contributed by atoms with Crippen molar-refractivity contribution in [3.63, 3.8) is 0 Å². The van der Waals surface area contributed by atoms with Crippen LogP contribution in [0.1, 0.15) is 39.5 Å². The fourth-order valence-electron chi connectivity index (χ4n) is 4.74. The molecule has 5 aromatic rings. The Morgan fingerprint density at radius 2 is 1.53 bits per heavy atom. The van der Waals surface area contributed by atoms with Crippen molar-refractivity contribution in [2.45, 2.75) is 25.3 Å². The topological polar surface area (TPSA) is 92.2 Å². The van der Waals surface area contributed by atoms with Gasteiger partial charge in [-0.15, -0.1) is 0 Å². The van der Waals surface area contributed by atoms with Crippen LogP contribution in [-0.2, 0) is 17.6 Å². The maximum absolute atomic E-state index is 14.0. The Hall–Kier alpha value is -4.84. The van der Waals surface area contributed by atoms with Gasteiger partial charge in [-0.2, -0.15) is 0 Å². The SMILES string of the molecule is O=C(NC(C(=O)O)c1ccccc1)c1c(CCCc2cccnc2)c(-c2ccccc2)nc2ccccc12. The molecule has 188 valence electrons. The molecule has 1 atom stereocenters. The van der Waals surface area contributed by atoms with Gasteiger partial charge in [0.1, 0.15) is 0 Å². The number of carboxylic acid groups (broad SMARTS) is 1. The van der Waals surface area contributed by atoms with E-state index in [0.717, 1.165) is 35.2 Å². The van der Waals surface area contributed by atoms with E-state index < -0.39 is 17.9 Å².